The van der Waals surface area contributed by atoms with Gasteiger partial charge in [-0.1, -0.05) is 24.3 Å². The normalized spacial score (nSPS) is 14.9. The van der Waals surface area contributed by atoms with Gasteiger partial charge in [-0.15, -0.1) is 0 Å². The van der Waals surface area contributed by atoms with Crippen molar-refractivity contribution < 1.29 is 14.3 Å². The fourth-order valence-electron chi connectivity index (χ4n) is 4.63. The van der Waals surface area contributed by atoms with Crippen LogP contribution in [0.2, 0.25) is 0 Å². The van der Waals surface area contributed by atoms with Crippen molar-refractivity contribution in [2.45, 2.75) is 38.8 Å². The molecule has 188 valence electrons. The molecule has 0 aliphatic carbocycles. The van der Waals surface area contributed by atoms with Crippen molar-refractivity contribution in [1.29, 1.82) is 5.26 Å². The predicted octanol–water partition coefficient (Wildman–Crippen LogP) is 3.05. The molecule has 2 aromatic carbocycles. The highest BCUT2D eigenvalue weighted by Crippen LogP contribution is 2.29. The number of ether oxygens (including phenoxy) is 1. The fraction of sp³-hybridized carbons (Fsp3) is 0.407. The maximum atomic E-state index is 13.6. The number of carbonyl (C=O) groups excluding carboxylic acids is 2. The van der Waals surface area contributed by atoms with Crippen molar-refractivity contribution in [1.82, 2.24) is 19.8 Å². The Morgan fingerprint density at radius 1 is 1.19 bits per heavy atom. The molecule has 1 aliphatic heterocycles. The highest BCUT2D eigenvalue weighted by molar-refractivity contribution is 5.90. The highest BCUT2D eigenvalue weighted by Gasteiger charge is 2.40. The number of anilines is 1. The molecule has 0 saturated carbocycles. The number of amides is 1. The molecule has 2 heterocycles. The van der Waals surface area contributed by atoms with Crippen LogP contribution in [0.3, 0.4) is 0 Å². The van der Waals surface area contributed by atoms with Crippen LogP contribution in [0.4, 0.5) is 5.69 Å². The van der Waals surface area contributed by atoms with E-state index in [2.05, 4.69) is 11.5 Å². The van der Waals surface area contributed by atoms with Gasteiger partial charge in [0.25, 0.3) is 0 Å². The average Bonchev–Trinajstić information content (AvgIpc) is 3.54. The first kappa shape index (κ1) is 25.2. The Bertz CT molecular complexity index is 1280. The molecule has 1 unspecified atom stereocenters. The summed E-state index contributed by atoms with van der Waals surface area (Å²) >= 11 is 0. The van der Waals surface area contributed by atoms with E-state index in [1.54, 1.807) is 11.8 Å². The predicted molar refractivity (Wildman–Crippen MR) is 137 cm³/mol. The van der Waals surface area contributed by atoms with Crippen LogP contribution in [0, 0.1) is 11.5 Å². The number of para-hydroxylation sites is 1. The van der Waals surface area contributed by atoms with Crippen molar-refractivity contribution in [2.24, 2.45) is 7.05 Å². The van der Waals surface area contributed by atoms with Gasteiger partial charge in [0.15, 0.2) is 6.19 Å². The van der Waals surface area contributed by atoms with Crippen LogP contribution < -0.4 is 10.2 Å². The molecule has 36 heavy (non-hydrogen) atoms. The lowest BCUT2D eigenvalue weighted by molar-refractivity contribution is -0.143. The molecular weight excluding hydrogens is 456 g/mol. The number of rotatable bonds is 9. The quantitative estimate of drug-likeness (QED) is 0.280. The molecule has 0 spiro atoms. The number of esters is 1. The van der Waals surface area contributed by atoms with E-state index in [0.717, 1.165) is 35.4 Å². The summed E-state index contributed by atoms with van der Waals surface area (Å²) in [5.41, 5.74) is 2.00. The number of hydrogen-bond acceptors (Lipinski definition) is 7. The first-order chi connectivity index (χ1) is 17.4. The number of carbonyl (C=O) groups is 2. The second kappa shape index (κ2) is 10.8. The number of aromatic nitrogens is 2. The number of hydrogen-bond donors (Lipinski definition) is 1. The van der Waals surface area contributed by atoms with E-state index in [-0.39, 0.29) is 19.1 Å². The minimum Gasteiger partial charge on any atom is -0.465 e. The van der Waals surface area contributed by atoms with Crippen molar-refractivity contribution in [2.75, 3.05) is 31.1 Å². The zero-order chi connectivity index (χ0) is 25.7. The molecule has 1 saturated heterocycles. The zero-order valence-electron chi connectivity index (χ0n) is 21.0. The van der Waals surface area contributed by atoms with Crippen molar-refractivity contribution in [3.63, 3.8) is 0 Å². The van der Waals surface area contributed by atoms with Crippen molar-refractivity contribution >= 4 is 28.6 Å². The monoisotopic (exact) mass is 488 g/mol. The lowest BCUT2D eigenvalue weighted by Gasteiger charge is -2.33. The van der Waals surface area contributed by atoms with Crippen molar-refractivity contribution in [3.8, 4) is 6.19 Å². The van der Waals surface area contributed by atoms with Gasteiger partial charge in [-0.2, -0.15) is 5.26 Å². The number of fused-ring (bicyclic) bond motifs is 1. The molecule has 1 atom stereocenters. The van der Waals surface area contributed by atoms with Crippen LogP contribution >= 0.6 is 0 Å². The maximum Gasteiger partial charge on any atom is 0.319 e. The number of likely N-dealkylation sites (tertiary alicyclic amines) is 1. The van der Waals surface area contributed by atoms with Crippen LogP contribution in [0.25, 0.3) is 11.0 Å². The van der Waals surface area contributed by atoms with Gasteiger partial charge in [0.1, 0.15) is 11.4 Å². The van der Waals surface area contributed by atoms with Gasteiger partial charge < -0.3 is 14.2 Å². The van der Waals surface area contributed by atoms with Gasteiger partial charge in [0.05, 0.1) is 36.4 Å². The van der Waals surface area contributed by atoms with Crippen LogP contribution in [0.5, 0.6) is 0 Å². The van der Waals surface area contributed by atoms with Crippen molar-refractivity contribution in [3.05, 3.63) is 59.9 Å². The number of nitrogens with one attached hydrogen (secondary N) is 1. The molecule has 1 aliphatic rings. The summed E-state index contributed by atoms with van der Waals surface area (Å²) in [6.45, 7) is 5.48. The molecule has 3 aromatic rings. The van der Waals surface area contributed by atoms with E-state index in [1.165, 1.54) is 0 Å². The van der Waals surface area contributed by atoms with E-state index in [1.807, 2.05) is 72.0 Å². The lowest BCUT2D eigenvalue weighted by atomic mass is 9.89. The molecule has 1 amide bonds. The van der Waals surface area contributed by atoms with Gasteiger partial charge in [-0.3, -0.25) is 19.8 Å². The Morgan fingerprint density at radius 3 is 2.58 bits per heavy atom. The van der Waals surface area contributed by atoms with E-state index >= 15 is 0 Å². The van der Waals surface area contributed by atoms with Crippen LogP contribution in [0.15, 0.2) is 48.5 Å². The SMILES string of the molecule is CCOC(=O)CNC(C)(C(=O)N1CCCC1)c1ccc2c(c1)nc(CN(C#N)c1ccccc1)n2C. The average molecular weight is 489 g/mol. The largest absolute Gasteiger partial charge is 0.465 e. The summed E-state index contributed by atoms with van der Waals surface area (Å²) in [4.78, 5) is 34.0. The third-order valence-electron chi connectivity index (χ3n) is 6.75. The Hall–Kier alpha value is -3.90. The summed E-state index contributed by atoms with van der Waals surface area (Å²) in [7, 11) is 1.92. The summed E-state index contributed by atoms with van der Waals surface area (Å²) in [5, 5.41) is 12.9. The molecule has 9 heteroatoms. The van der Waals surface area contributed by atoms with E-state index < -0.39 is 11.5 Å². The number of benzene rings is 2. The van der Waals surface area contributed by atoms with E-state index in [4.69, 9.17) is 9.72 Å². The van der Waals surface area contributed by atoms with E-state index in [0.29, 0.717) is 25.2 Å². The summed E-state index contributed by atoms with van der Waals surface area (Å²) in [6.07, 6.45) is 4.18. The third-order valence-corrected chi connectivity index (χ3v) is 6.75. The van der Waals surface area contributed by atoms with Gasteiger partial charge in [-0.25, -0.2) is 4.98 Å². The zero-order valence-corrected chi connectivity index (χ0v) is 21.0. The second-order valence-corrected chi connectivity index (χ2v) is 9.10. The maximum absolute atomic E-state index is 13.6. The fourth-order valence-corrected chi connectivity index (χ4v) is 4.63. The summed E-state index contributed by atoms with van der Waals surface area (Å²) < 4.78 is 7.04. The van der Waals surface area contributed by atoms with Crippen LogP contribution in [-0.4, -0.2) is 52.6 Å². The van der Waals surface area contributed by atoms with E-state index in [9.17, 15) is 14.9 Å². The molecule has 1 aromatic heterocycles. The molecular formula is C27H32N6O3. The molecule has 4 rings (SSSR count). The smallest absolute Gasteiger partial charge is 0.319 e. The molecule has 1 fully saturated rings. The molecule has 0 bridgehead atoms. The van der Waals surface area contributed by atoms with Gasteiger partial charge in [-0.05, 0) is 56.5 Å². The van der Waals surface area contributed by atoms with Gasteiger partial charge >= 0.3 is 5.97 Å². The first-order valence-corrected chi connectivity index (χ1v) is 12.3. The first-order valence-electron chi connectivity index (χ1n) is 12.3. The third kappa shape index (κ3) is 5.04. The number of aryl methyl sites for hydroxylation is 1. The Kier molecular flexibility index (Phi) is 7.55. The number of imidazole rings is 1. The topological polar surface area (TPSA) is 103 Å². The standard InChI is InChI=1S/C27H32N6O3/c1-4-36-25(34)17-29-27(2,26(35)32-14-8-9-15-32)20-12-13-23-22(16-20)30-24(31(23)3)18-33(19-28)21-10-6-5-7-11-21/h5-7,10-13,16,29H,4,8-9,14-15,17-18H2,1-3H3. The van der Waals surface area contributed by atoms with Gasteiger partial charge in [0.2, 0.25) is 5.91 Å². The molecule has 9 nitrogen and oxygen atoms in total. The minimum absolute atomic E-state index is 0.0699. The Balaban J connectivity index is 1.67. The number of nitrogens with zero attached hydrogens (tertiary/aromatic N) is 5. The minimum atomic E-state index is -1.12. The number of nitriles is 1. The lowest BCUT2D eigenvalue weighted by Crippen LogP contribution is -2.54. The van der Waals surface area contributed by atoms with Crippen LogP contribution in [0.1, 0.15) is 38.1 Å². The summed E-state index contributed by atoms with van der Waals surface area (Å²) in [5.74, 6) is 0.246. The highest BCUT2D eigenvalue weighted by atomic mass is 16.5. The summed E-state index contributed by atoms with van der Waals surface area (Å²) in [6, 6.07) is 15.2. The Morgan fingerprint density at radius 2 is 1.92 bits per heavy atom. The molecule has 1 N–H and O–H groups in total. The second-order valence-electron chi connectivity index (χ2n) is 9.10. The van der Waals surface area contributed by atoms with Gasteiger partial charge in [0, 0.05) is 20.1 Å². The molecule has 0 radical (unpaired) electrons. The Labute approximate surface area is 211 Å². The van der Waals surface area contributed by atoms with Crippen LogP contribution in [-0.2, 0) is 33.5 Å².